The third kappa shape index (κ3) is 2.13. The monoisotopic (exact) mass is 198 g/mol. The molecule has 0 aromatic heterocycles. The molecule has 2 rings (SSSR count). The lowest BCUT2D eigenvalue weighted by molar-refractivity contribution is -0.114. The first-order valence-electron chi connectivity index (χ1n) is 5.52. The Labute approximate surface area is 82.0 Å². The number of hydrogen-bond donors (Lipinski definition) is 0. The van der Waals surface area contributed by atoms with Crippen LogP contribution in [0.25, 0.3) is 0 Å². The number of carbonyl (C=O) groups excluding carboxylic acids is 1. The number of carbonyl (C=O) groups is 1. The normalized spacial score (nSPS) is 38.7. The molecule has 2 bridgehead atoms. The summed E-state index contributed by atoms with van der Waals surface area (Å²) in [5.41, 5.74) is 1.93. The molecule has 0 aromatic carbocycles. The molecule has 0 spiro atoms. The first-order chi connectivity index (χ1) is 6.27. The molecular weight excluding hydrogens is 179 g/mol. The smallest absolute Gasteiger partial charge is 0.134 e. The number of ketones is 1. The summed E-state index contributed by atoms with van der Waals surface area (Å²) in [7, 11) is 0.101. The van der Waals surface area contributed by atoms with Crippen LogP contribution in [0.2, 0.25) is 0 Å². The van der Waals surface area contributed by atoms with Crippen LogP contribution < -0.4 is 0 Å². The van der Waals surface area contributed by atoms with Gasteiger partial charge in [0.15, 0.2) is 0 Å². The first kappa shape index (κ1) is 9.65. The Kier molecular flexibility index (Phi) is 3.03. The Bertz CT molecular complexity index is 188. The molecule has 0 aromatic rings. The van der Waals surface area contributed by atoms with Crippen LogP contribution in [0.5, 0.6) is 0 Å². The van der Waals surface area contributed by atoms with Crippen LogP contribution in [0.15, 0.2) is 0 Å². The second kappa shape index (κ2) is 4.09. The third-order valence-electron chi connectivity index (χ3n) is 3.50. The zero-order valence-corrected chi connectivity index (χ0v) is 9.35. The molecule has 13 heavy (non-hydrogen) atoms. The van der Waals surface area contributed by atoms with Gasteiger partial charge in [0, 0.05) is 6.16 Å². The summed E-state index contributed by atoms with van der Waals surface area (Å²) in [6, 6.07) is 0. The van der Waals surface area contributed by atoms with E-state index in [1.807, 2.05) is 0 Å². The Hall–Kier alpha value is 0.100. The van der Waals surface area contributed by atoms with Crippen LogP contribution in [0.4, 0.5) is 0 Å². The van der Waals surface area contributed by atoms with Gasteiger partial charge >= 0.3 is 0 Å². The topological polar surface area (TPSA) is 17.1 Å². The fourth-order valence-electron chi connectivity index (χ4n) is 2.91. The minimum Gasteiger partial charge on any atom is -0.300 e. The highest BCUT2D eigenvalue weighted by Crippen LogP contribution is 2.60. The molecule has 74 valence electrons. The highest BCUT2D eigenvalue weighted by atomic mass is 31.1. The summed E-state index contributed by atoms with van der Waals surface area (Å²) in [6.07, 6.45) is 9.51. The van der Waals surface area contributed by atoms with Crippen LogP contribution in [-0.4, -0.2) is 23.3 Å². The maximum Gasteiger partial charge on any atom is 0.134 e. The standard InChI is InChI=1S/C11H19OP/c1-9(12)8-13-10-4-2-3-5-11(13)7-6-10/h10-11H,2-8H2,1H3. The fraction of sp³-hybridized carbons (Fsp3) is 0.909. The van der Waals surface area contributed by atoms with E-state index in [0.29, 0.717) is 5.78 Å². The van der Waals surface area contributed by atoms with E-state index in [2.05, 4.69) is 0 Å². The van der Waals surface area contributed by atoms with Crippen LogP contribution in [0.3, 0.4) is 0 Å². The molecule has 2 fully saturated rings. The summed E-state index contributed by atoms with van der Waals surface area (Å²) < 4.78 is 0. The Morgan fingerprint density at radius 1 is 1.15 bits per heavy atom. The van der Waals surface area contributed by atoms with Crippen molar-refractivity contribution in [1.29, 1.82) is 0 Å². The van der Waals surface area contributed by atoms with Gasteiger partial charge in [0.2, 0.25) is 0 Å². The number of rotatable bonds is 2. The molecule has 2 unspecified atom stereocenters. The van der Waals surface area contributed by atoms with Gasteiger partial charge in [-0.05, 0) is 43.9 Å². The predicted octanol–water partition coefficient (Wildman–Crippen LogP) is 3.16. The van der Waals surface area contributed by atoms with Gasteiger partial charge in [0.1, 0.15) is 5.78 Å². The molecule has 0 amide bonds. The lowest BCUT2D eigenvalue weighted by atomic mass is 10.0. The van der Waals surface area contributed by atoms with E-state index in [0.717, 1.165) is 17.5 Å². The van der Waals surface area contributed by atoms with E-state index in [1.54, 1.807) is 6.92 Å². The van der Waals surface area contributed by atoms with Crippen molar-refractivity contribution in [2.24, 2.45) is 0 Å². The summed E-state index contributed by atoms with van der Waals surface area (Å²) in [4.78, 5) is 11.2. The summed E-state index contributed by atoms with van der Waals surface area (Å²) in [5, 5.41) is 0. The van der Waals surface area contributed by atoms with Crippen LogP contribution in [-0.2, 0) is 4.79 Å². The van der Waals surface area contributed by atoms with Gasteiger partial charge in [-0.25, -0.2) is 0 Å². The van der Waals surface area contributed by atoms with Crippen molar-refractivity contribution in [3.63, 3.8) is 0 Å². The van der Waals surface area contributed by atoms with Gasteiger partial charge in [-0.2, -0.15) is 0 Å². The lowest BCUT2D eigenvalue weighted by Gasteiger charge is -2.21. The van der Waals surface area contributed by atoms with Crippen molar-refractivity contribution >= 4 is 13.7 Å². The first-order valence-corrected chi connectivity index (χ1v) is 7.19. The molecule has 2 heterocycles. The largest absolute Gasteiger partial charge is 0.300 e. The average Bonchev–Trinajstić information content (AvgIpc) is 2.24. The molecule has 0 N–H and O–H groups in total. The summed E-state index contributed by atoms with van der Waals surface area (Å²) in [5.74, 6) is 0.435. The van der Waals surface area contributed by atoms with Crippen LogP contribution in [0.1, 0.15) is 45.4 Å². The molecule has 2 heteroatoms. The molecule has 0 saturated carbocycles. The van der Waals surface area contributed by atoms with E-state index < -0.39 is 0 Å². The maximum absolute atomic E-state index is 11.2. The van der Waals surface area contributed by atoms with Crippen molar-refractivity contribution in [1.82, 2.24) is 0 Å². The molecule has 0 aliphatic carbocycles. The van der Waals surface area contributed by atoms with Crippen molar-refractivity contribution in [2.75, 3.05) is 6.16 Å². The van der Waals surface area contributed by atoms with Crippen LogP contribution in [0, 0.1) is 0 Å². The highest BCUT2D eigenvalue weighted by molar-refractivity contribution is 7.60. The van der Waals surface area contributed by atoms with Gasteiger partial charge in [0.25, 0.3) is 0 Å². The molecule has 1 nitrogen and oxygen atoms in total. The maximum atomic E-state index is 11.2. The van der Waals surface area contributed by atoms with E-state index in [-0.39, 0.29) is 7.92 Å². The van der Waals surface area contributed by atoms with E-state index in [1.165, 1.54) is 38.5 Å². The molecule has 2 aliphatic rings. The predicted molar refractivity (Wildman–Crippen MR) is 57.7 cm³/mol. The second-order valence-corrected chi connectivity index (χ2v) is 7.35. The lowest BCUT2D eigenvalue weighted by Crippen LogP contribution is -2.08. The number of fused-ring (bicyclic) bond motifs is 2. The minimum absolute atomic E-state index is 0.101. The van der Waals surface area contributed by atoms with Crippen molar-refractivity contribution in [3.05, 3.63) is 0 Å². The zero-order chi connectivity index (χ0) is 9.26. The van der Waals surface area contributed by atoms with E-state index >= 15 is 0 Å². The molecule has 0 radical (unpaired) electrons. The number of Topliss-reactive ketones (excluding diaryl/α,β-unsaturated/α-hetero) is 1. The van der Waals surface area contributed by atoms with Gasteiger partial charge in [0.05, 0.1) is 0 Å². The molecular formula is C11H19OP. The van der Waals surface area contributed by atoms with Gasteiger partial charge in [-0.3, -0.25) is 4.79 Å². The van der Waals surface area contributed by atoms with Crippen molar-refractivity contribution in [2.45, 2.75) is 56.8 Å². The van der Waals surface area contributed by atoms with E-state index in [4.69, 9.17) is 0 Å². The molecule has 2 aliphatic heterocycles. The Morgan fingerprint density at radius 2 is 1.69 bits per heavy atom. The number of hydrogen-bond acceptors (Lipinski definition) is 1. The summed E-state index contributed by atoms with van der Waals surface area (Å²) >= 11 is 0. The second-order valence-electron chi connectivity index (χ2n) is 4.54. The summed E-state index contributed by atoms with van der Waals surface area (Å²) in [6.45, 7) is 1.77. The van der Waals surface area contributed by atoms with Crippen molar-refractivity contribution in [3.8, 4) is 0 Å². The van der Waals surface area contributed by atoms with Gasteiger partial charge in [-0.15, -0.1) is 0 Å². The van der Waals surface area contributed by atoms with E-state index in [9.17, 15) is 4.79 Å². The molecule has 2 saturated heterocycles. The van der Waals surface area contributed by atoms with Crippen molar-refractivity contribution < 1.29 is 4.79 Å². The third-order valence-corrected chi connectivity index (χ3v) is 7.22. The average molecular weight is 198 g/mol. The van der Waals surface area contributed by atoms with Gasteiger partial charge in [-0.1, -0.05) is 20.8 Å². The molecule has 2 atom stereocenters. The zero-order valence-electron chi connectivity index (χ0n) is 8.46. The van der Waals surface area contributed by atoms with Crippen LogP contribution >= 0.6 is 7.92 Å². The SMILES string of the molecule is CC(=O)CP1C2CCCCC1CC2. The Balaban J connectivity index is 2.03. The van der Waals surface area contributed by atoms with Gasteiger partial charge < -0.3 is 0 Å². The Morgan fingerprint density at radius 3 is 2.15 bits per heavy atom. The fourth-order valence-corrected chi connectivity index (χ4v) is 6.53. The quantitative estimate of drug-likeness (QED) is 0.623. The minimum atomic E-state index is 0.101. The highest BCUT2D eigenvalue weighted by Gasteiger charge is 2.36.